The standard InChI is InChI=1S/C14H30O5.C14H30O4.C5H12.2CH4/c1-3-5-15-7-9-17-11-13-19-14-12-18-10-8-16-6-4-2;1-5-13(10-16-6-2)14(11-17-8-7-15)18-9-12(3)4;1-4-5(2)3;;/h3-14H2,1-2H3;12-15H,5-11H2,1-4H3;5H,4H2,1-3H3;2*1H4. The zero-order valence-electron chi connectivity index (χ0n) is 29.2. The Bertz CT molecular complexity index is 438. The van der Waals surface area contributed by atoms with E-state index >= 15 is 0 Å². The van der Waals surface area contributed by atoms with Gasteiger partial charge in [0.25, 0.3) is 0 Å². The molecule has 9 heteroatoms. The fraction of sp³-hybridized carbons (Fsp3) is 1.00. The summed E-state index contributed by atoms with van der Waals surface area (Å²) in [6.45, 7) is 29.0. The maximum absolute atomic E-state index is 8.74. The van der Waals surface area contributed by atoms with Crippen LogP contribution in [0.1, 0.15) is 103 Å². The molecule has 0 spiro atoms. The summed E-state index contributed by atoms with van der Waals surface area (Å²) in [5.74, 6) is 1.74. The number of ether oxygens (including phenoxy) is 8. The summed E-state index contributed by atoms with van der Waals surface area (Å²) in [6.07, 6.45) is 4.46. The van der Waals surface area contributed by atoms with Crippen molar-refractivity contribution in [3.63, 3.8) is 0 Å². The van der Waals surface area contributed by atoms with Gasteiger partial charge in [0.15, 0.2) is 0 Å². The molecule has 0 aromatic rings. The molecule has 0 aliphatic heterocycles. The molecule has 0 aromatic heterocycles. The molecule has 0 radical (unpaired) electrons. The van der Waals surface area contributed by atoms with Crippen molar-refractivity contribution in [1.29, 1.82) is 0 Å². The summed E-state index contributed by atoms with van der Waals surface area (Å²) < 4.78 is 43.4. The van der Waals surface area contributed by atoms with Crippen molar-refractivity contribution >= 4 is 0 Å². The number of rotatable bonds is 29. The molecule has 0 rings (SSSR count). The molecule has 0 saturated heterocycles. The van der Waals surface area contributed by atoms with Gasteiger partial charge in [-0.3, -0.25) is 0 Å². The minimum Gasteiger partial charge on any atom is -0.394 e. The number of aliphatic hydroxyl groups excluding tert-OH is 1. The van der Waals surface area contributed by atoms with E-state index in [-0.39, 0.29) is 27.6 Å². The van der Waals surface area contributed by atoms with Crippen molar-refractivity contribution in [3.05, 3.63) is 0 Å². The average Bonchev–Trinajstić information content (AvgIpc) is 2.98. The van der Waals surface area contributed by atoms with Crippen LogP contribution in [0.4, 0.5) is 0 Å². The maximum Gasteiger partial charge on any atom is 0.0858 e. The SMILES string of the molecule is C.C.CCC(C)C.CCCOCCOCCOCCOCCOCCC.CCOCC(CC)C(COCCO)OCC(C)C. The van der Waals surface area contributed by atoms with Crippen LogP contribution in [0.2, 0.25) is 0 Å². The van der Waals surface area contributed by atoms with E-state index in [4.69, 9.17) is 43.0 Å². The van der Waals surface area contributed by atoms with Gasteiger partial charge in [-0.1, -0.05) is 76.7 Å². The van der Waals surface area contributed by atoms with Crippen LogP contribution in [0, 0.1) is 17.8 Å². The first kappa shape index (κ1) is 53.1. The normalized spacial score (nSPS) is 12.0. The average molecular weight is 645 g/mol. The van der Waals surface area contributed by atoms with E-state index in [9.17, 15) is 0 Å². The quantitative estimate of drug-likeness (QED) is 0.0841. The van der Waals surface area contributed by atoms with Crippen LogP contribution in [-0.2, 0) is 37.9 Å². The molecular formula is C35H80O9. The van der Waals surface area contributed by atoms with Crippen molar-refractivity contribution in [2.24, 2.45) is 17.8 Å². The Morgan fingerprint density at radius 2 is 0.864 bits per heavy atom. The van der Waals surface area contributed by atoms with E-state index in [1.165, 1.54) is 6.42 Å². The fourth-order valence-electron chi connectivity index (χ4n) is 2.93. The Kier molecular flexibility index (Phi) is 56.8. The molecule has 274 valence electrons. The topological polar surface area (TPSA) is 94.1 Å². The molecule has 0 saturated carbocycles. The first-order valence-corrected chi connectivity index (χ1v) is 16.6. The first-order chi connectivity index (χ1) is 20.3. The third-order valence-electron chi connectivity index (χ3n) is 5.75. The van der Waals surface area contributed by atoms with E-state index in [1.807, 2.05) is 6.92 Å². The Morgan fingerprint density at radius 3 is 1.16 bits per heavy atom. The van der Waals surface area contributed by atoms with Crippen LogP contribution in [0.5, 0.6) is 0 Å². The maximum atomic E-state index is 8.74. The second-order valence-corrected chi connectivity index (χ2v) is 10.8. The highest BCUT2D eigenvalue weighted by Gasteiger charge is 2.21. The first-order valence-electron chi connectivity index (χ1n) is 16.6. The van der Waals surface area contributed by atoms with Gasteiger partial charge in [0, 0.05) is 32.3 Å². The van der Waals surface area contributed by atoms with E-state index in [0.717, 1.165) is 51.6 Å². The predicted octanol–water partition coefficient (Wildman–Crippen LogP) is 7.31. The zero-order chi connectivity index (χ0) is 32.1. The lowest BCUT2D eigenvalue weighted by Crippen LogP contribution is -2.33. The molecule has 2 atom stereocenters. The Labute approximate surface area is 275 Å². The highest BCUT2D eigenvalue weighted by molar-refractivity contribution is 4.69. The lowest BCUT2D eigenvalue weighted by atomic mass is 10.0. The van der Waals surface area contributed by atoms with Gasteiger partial charge in [0.1, 0.15) is 0 Å². The minimum absolute atomic E-state index is 0. The van der Waals surface area contributed by atoms with E-state index < -0.39 is 0 Å². The molecule has 0 aromatic carbocycles. The second kappa shape index (κ2) is 47.1. The van der Waals surface area contributed by atoms with Gasteiger partial charge >= 0.3 is 0 Å². The molecule has 0 fully saturated rings. The van der Waals surface area contributed by atoms with Gasteiger partial charge in [-0.2, -0.15) is 0 Å². The van der Waals surface area contributed by atoms with Crippen molar-refractivity contribution in [1.82, 2.24) is 0 Å². The Balaban J connectivity index is -0.000000192. The van der Waals surface area contributed by atoms with Crippen LogP contribution in [0.25, 0.3) is 0 Å². The van der Waals surface area contributed by atoms with Crippen LogP contribution in [-0.4, -0.2) is 117 Å². The van der Waals surface area contributed by atoms with Gasteiger partial charge in [-0.15, -0.1) is 0 Å². The third-order valence-corrected chi connectivity index (χ3v) is 5.75. The van der Waals surface area contributed by atoms with Crippen molar-refractivity contribution < 1.29 is 43.0 Å². The van der Waals surface area contributed by atoms with Crippen molar-refractivity contribution in [2.45, 2.75) is 109 Å². The molecule has 1 N–H and O–H groups in total. The smallest absolute Gasteiger partial charge is 0.0858 e. The van der Waals surface area contributed by atoms with Crippen LogP contribution in [0.15, 0.2) is 0 Å². The molecule has 44 heavy (non-hydrogen) atoms. The molecule has 0 heterocycles. The monoisotopic (exact) mass is 645 g/mol. The zero-order valence-corrected chi connectivity index (χ0v) is 29.2. The molecule has 0 aliphatic rings. The van der Waals surface area contributed by atoms with Gasteiger partial charge < -0.3 is 43.0 Å². The number of hydrogen-bond acceptors (Lipinski definition) is 9. The number of aliphatic hydroxyl groups is 1. The van der Waals surface area contributed by atoms with Crippen LogP contribution < -0.4 is 0 Å². The second-order valence-electron chi connectivity index (χ2n) is 10.8. The fourth-order valence-corrected chi connectivity index (χ4v) is 2.93. The van der Waals surface area contributed by atoms with Gasteiger partial charge in [0.2, 0.25) is 0 Å². The summed E-state index contributed by atoms with van der Waals surface area (Å²) in [5.41, 5.74) is 0. The summed E-state index contributed by atoms with van der Waals surface area (Å²) in [6, 6.07) is 0. The van der Waals surface area contributed by atoms with E-state index in [0.29, 0.717) is 84.5 Å². The highest BCUT2D eigenvalue weighted by Crippen LogP contribution is 2.15. The molecule has 0 bridgehead atoms. The summed E-state index contributed by atoms with van der Waals surface area (Å²) in [7, 11) is 0. The largest absolute Gasteiger partial charge is 0.394 e. The Morgan fingerprint density at radius 1 is 0.455 bits per heavy atom. The van der Waals surface area contributed by atoms with Gasteiger partial charge in [-0.25, -0.2) is 0 Å². The lowest BCUT2D eigenvalue weighted by Gasteiger charge is -2.27. The molecular weight excluding hydrogens is 564 g/mol. The summed E-state index contributed by atoms with van der Waals surface area (Å²) >= 11 is 0. The lowest BCUT2D eigenvalue weighted by molar-refractivity contribution is -0.0762. The predicted molar refractivity (Wildman–Crippen MR) is 186 cm³/mol. The highest BCUT2D eigenvalue weighted by atomic mass is 16.6. The van der Waals surface area contributed by atoms with Crippen molar-refractivity contribution in [3.8, 4) is 0 Å². The molecule has 0 aliphatic carbocycles. The van der Waals surface area contributed by atoms with Crippen LogP contribution >= 0.6 is 0 Å². The van der Waals surface area contributed by atoms with E-state index in [1.54, 1.807) is 0 Å². The van der Waals surface area contributed by atoms with Gasteiger partial charge in [-0.05, 0) is 38.0 Å². The Hall–Kier alpha value is -0.360. The summed E-state index contributed by atoms with van der Waals surface area (Å²) in [5, 5.41) is 8.74. The molecule has 0 amide bonds. The van der Waals surface area contributed by atoms with Crippen molar-refractivity contribution in [2.75, 3.05) is 106 Å². The third kappa shape index (κ3) is 48.5. The molecule has 2 unspecified atom stereocenters. The van der Waals surface area contributed by atoms with Crippen LogP contribution in [0.3, 0.4) is 0 Å². The molecule has 9 nitrogen and oxygen atoms in total. The summed E-state index contributed by atoms with van der Waals surface area (Å²) in [4.78, 5) is 0. The number of hydrogen-bond donors (Lipinski definition) is 1. The van der Waals surface area contributed by atoms with Gasteiger partial charge in [0.05, 0.1) is 85.4 Å². The minimum atomic E-state index is 0. The van der Waals surface area contributed by atoms with E-state index in [2.05, 4.69) is 55.4 Å².